The van der Waals surface area contributed by atoms with Gasteiger partial charge < -0.3 is 5.32 Å². The molecule has 1 atom stereocenters. The van der Waals surface area contributed by atoms with E-state index in [0.29, 0.717) is 17.5 Å². The molecule has 0 aromatic heterocycles. The predicted octanol–water partition coefficient (Wildman–Crippen LogP) is 5.07. The summed E-state index contributed by atoms with van der Waals surface area (Å²) >= 11 is 3.64. The third-order valence-corrected chi connectivity index (χ3v) is 4.92. The van der Waals surface area contributed by atoms with Crippen molar-refractivity contribution < 1.29 is 0 Å². The fourth-order valence-electron chi connectivity index (χ4n) is 2.84. The zero-order valence-electron chi connectivity index (χ0n) is 11.7. The second-order valence-corrected chi connectivity index (χ2v) is 7.20. The molecule has 1 saturated carbocycles. The van der Waals surface area contributed by atoms with Crippen molar-refractivity contribution >= 4 is 15.9 Å². The molecule has 0 aliphatic heterocycles. The maximum atomic E-state index is 3.78. The fourth-order valence-corrected chi connectivity index (χ4v) is 3.46. The van der Waals surface area contributed by atoms with Crippen LogP contribution in [0.5, 0.6) is 0 Å². The van der Waals surface area contributed by atoms with Crippen molar-refractivity contribution in [2.75, 3.05) is 0 Å². The van der Waals surface area contributed by atoms with E-state index in [4.69, 9.17) is 0 Å². The van der Waals surface area contributed by atoms with Gasteiger partial charge in [0.15, 0.2) is 0 Å². The molecule has 18 heavy (non-hydrogen) atoms. The Labute approximate surface area is 119 Å². The van der Waals surface area contributed by atoms with E-state index in [1.54, 1.807) is 0 Å². The molecule has 0 spiro atoms. The lowest BCUT2D eigenvalue weighted by Gasteiger charge is -2.36. The third-order valence-electron chi connectivity index (χ3n) is 4.20. The Hall–Kier alpha value is -0.340. The summed E-state index contributed by atoms with van der Waals surface area (Å²) in [7, 11) is 0. The predicted molar refractivity (Wildman–Crippen MR) is 81.7 cm³/mol. The van der Waals surface area contributed by atoms with Crippen LogP contribution in [0, 0.1) is 5.41 Å². The van der Waals surface area contributed by atoms with Gasteiger partial charge in [-0.15, -0.1) is 0 Å². The number of rotatable bonds is 3. The fraction of sp³-hybridized carbons (Fsp3) is 0.625. The quantitative estimate of drug-likeness (QED) is 0.822. The van der Waals surface area contributed by atoms with E-state index in [-0.39, 0.29) is 0 Å². The number of benzene rings is 1. The topological polar surface area (TPSA) is 12.0 Å². The molecule has 1 N–H and O–H groups in total. The van der Waals surface area contributed by atoms with E-state index in [1.165, 1.54) is 35.7 Å². The van der Waals surface area contributed by atoms with E-state index in [1.807, 2.05) is 0 Å². The Bertz CT molecular complexity index is 390. The van der Waals surface area contributed by atoms with Gasteiger partial charge in [-0.1, -0.05) is 48.0 Å². The van der Waals surface area contributed by atoms with Crippen LogP contribution in [-0.4, -0.2) is 6.04 Å². The summed E-state index contributed by atoms with van der Waals surface area (Å²) in [4.78, 5) is 0. The van der Waals surface area contributed by atoms with Gasteiger partial charge in [-0.2, -0.15) is 0 Å². The molecule has 1 aromatic carbocycles. The van der Waals surface area contributed by atoms with Crippen LogP contribution in [-0.2, 0) is 0 Å². The molecule has 0 heterocycles. The van der Waals surface area contributed by atoms with Crippen molar-refractivity contribution in [2.24, 2.45) is 5.41 Å². The summed E-state index contributed by atoms with van der Waals surface area (Å²) < 4.78 is 1.21. The van der Waals surface area contributed by atoms with Gasteiger partial charge in [-0.3, -0.25) is 0 Å². The van der Waals surface area contributed by atoms with E-state index >= 15 is 0 Å². The minimum atomic E-state index is 0.423. The SMILES string of the molecule is CC(NC1CCC(C)(C)CC1)c1ccccc1Br. The third kappa shape index (κ3) is 3.58. The maximum Gasteiger partial charge on any atom is 0.0305 e. The van der Waals surface area contributed by atoms with E-state index in [2.05, 4.69) is 66.3 Å². The Kier molecular flexibility index (Phi) is 4.50. The monoisotopic (exact) mass is 309 g/mol. The number of hydrogen-bond donors (Lipinski definition) is 1. The first kappa shape index (κ1) is 14.1. The molecule has 1 nitrogen and oxygen atoms in total. The molecule has 1 aromatic rings. The summed E-state index contributed by atoms with van der Waals surface area (Å²) in [6, 6.07) is 9.62. The zero-order valence-corrected chi connectivity index (χ0v) is 13.3. The number of hydrogen-bond acceptors (Lipinski definition) is 1. The Morgan fingerprint density at radius 3 is 2.44 bits per heavy atom. The van der Waals surface area contributed by atoms with Gasteiger partial charge >= 0.3 is 0 Å². The minimum absolute atomic E-state index is 0.423. The van der Waals surface area contributed by atoms with Crippen LogP contribution in [0.3, 0.4) is 0 Å². The summed E-state index contributed by atoms with van der Waals surface area (Å²) in [5.41, 5.74) is 1.91. The average molecular weight is 310 g/mol. The molecule has 1 aliphatic carbocycles. The second-order valence-electron chi connectivity index (χ2n) is 6.35. The van der Waals surface area contributed by atoms with Gasteiger partial charge in [-0.05, 0) is 49.7 Å². The summed E-state index contributed by atoms with van der Waals surface area (Å²) in [5, 5.41) is 3.78. The molecule has 1 fully saturated rings. The summed E-state index contributed by atoms with van der Waals surface area (Å²) in [6.07, 6.45) is 5.30. The normalized spacial score (nSPS) is 21.8. The smallest absolute Gasteiger partial charge is 0.0305 e. The average Bonchev–Trinajstić information content (AvgIpc) is 2.32. The lowest BCUT2D eigenvalue weighted by Crippen LogP contribution is -2.37. The van der Waals surface area contributed by atoms with Crippen LogP contribution in [0.25, 0.3) is 0 Å². The molecular weight excluding hydrogens is 286 g/mol. The van der Waals surface area contributed by atoms with Gasteiger partial charge in [0, 0.05) is 16.6 Å². The maximum absolute atomic E-state index is 3.78. The van der Waals surface area contributed by atoms with E-state index in [9.17, 15) is 0 Å². The molecule has 0 radical (unpaired) electrons. The highest BCUT2D eigenvalue weighted by atomic mass is 79.9. The Balaban J connectivity index is 1.93. The van der Waals surface area contributed by atoms with Crippen molar-refractivity contribution in [3.8, 4) is 0 Å². The van der Waals surface area contributed by atoms with Crippen molar-refractivity contribution in [2.45, 2.75) is 58.5 Å². The summed E-state index contributed by atoms with van der Waals surface area (Å²) in [6.45, 7) is 7.04. The van der Waals surface area contributed by atoms with Gasteiger partial charge in [0.25, 0.3) is 0 Å². The van der Waals surface area contributed by atoms with Crippen LogP contribution in [0.15, 0.2) is 28.7 Å². The minimum Gasteiger partial charge on any atom is -0.307 e. The van der Waals surface area contributed by atoms with Gasteiger partial charge in [0.1, 0.15) is 0 Å². The highest BCUT2D eigenvalue weighted by Gasteiger charge is 2.27. The molecule has 100 valence electrons. The molecule has 0 bridgehead atoms. The molecule has 0 saturated heterocycles. The molecule has 1 unspecified atom stereocenters. The molecule has 2 rings (SSSR count). The highest BCUT2D eigenvalue weighted by Crippen LogP contribution is 2.36. The summed E-state index contributed by atoms with van der Waals surface area (Å²) in [5.74, 6) is 0. The Morgan fingerprint density at radius 1 is 1.22 bits per heavy atom. The molecule has 0 amide bonds. The molecular formula is C16H24BrN. The highest BCUT2D eigenvalue weighted by molar-refractivity contribution is 9.10. The number of halogens is 1. The molecule has 2 heteroatoms. The lowest BCUT2D eigenvalue weighted by molar-refractivity contribution is 0.200. The van der Waals surface area contributed by atoms with Crippen LogP contribution in [0.1, 0.15) is 58.1 Å². The van der Waals surface area contributed by atoms with Gasteiger partial charge in [-0.25, -0.2) is 0 Å². The van der Waals surface area contributed by atoms with Crippen molar-refractivity contribution in [3.63, 3.8) is 0 Å². The lowest BCUT2D eigenvalue weighted by atomic mass is 9.75. The number of nitrogens with one attached hydrogen (secondary N) is 1. The van der Waals surface area contributed by atoms with Crippen molar-refractivity contribution in [1.82, 2.24) is 5.32 Å². The van der Waals surface area contributed by atoms with Crippen molar-refractivity contribution in [3.05, 3.63) is 34.3 Å². The van der Waals surface area contributed by atoms with Crippen LogP contribution < -0.4 is 5.32 Å². The first-order valence-electron chi connectivity index (χ1n) is 6.98. The van der Waals surface area contributed by atoms with Crippen LogP contribution >= 0.6 is 15.9 Å². The first-order valence-corrected chi connectivity index (χ1v) is 7.78. The van der Waals surface area contributed by atoms with Crippen LogP contribution in [0.4, 0.5) is 0 Å². The Morgan fingerprint density at radius 2 is 1.83 bits per heavy atom. The van der Waals surface area contributed by atoms with E-state index in [0.717, 1.165) is 0 Å². The van der Waals surface area contributed by atoms with Gasteiger partial charge in [0.2, 0.25) is 0 Å². The molecule has 1 aliphatic rings. The second kappa shape index (κ2) is 5.75. The van der Waals surface area contributed by atoms with Crippen LogP contribution in [0.2, 0.25) is 0 Å². The van der Waals surface area contributed by atoms with Gasteiger partial charge in [0.05, 0.1) is 0 Å². The first-order chi connectivity index (χ1) is 8.48. The van der Waals surface area contributed by atoms with Crippen molar-refractivity contribution in [1.29, 1.82) is 0 Å². The standard InChI is InChI=1S/C16H24BrN/c1-12(14-6-4-5-7-15(14)17)18-13-8-10-16(2,3)11-9-13/h4-7,12-13,18H,8-11H2,1-3H3. The largest absolute Gasteiger partial charge is 0.307 e. The zero-order chi connectivity index (χ0) is 13.2. The van der Waals surface area contributed by atoms with E-state index < -0.39 is 0 Å².